The van der Waals surface area contributed by atoms with Crippen LogP contribution in [0.1, 0.15) is 11.1 Å². The molecular weight excluding hydrogens is 228 g/mol. The molecule has 0 heterocycles. The fourth-order valence-electron chi connectivity index (χ4n) is 2.31. The summed E-state index contributed by atoms with van der Waals surface area (Å²) in [7, 11) is 0. The Hall–Kier alpha value is -2.62. The predicted octanol–water partition coefficient (Wildman–Crippen LogP) is 2.72. The van der Waals surface area contributed by atoms with Gasteiger partial charge >= 0.3 is 0 Å². The zero-order valence-corrected chi connectivity index (χ0v) is 9.41. The molecule has 2 aromatic carbocycles. The standard InChI is InChI=1S/C14H10N2O2/c17-15-13-11-7-3-1-5-9(11)10-6-2-4-8-12(10)14(13)16-18/h1-8,17-18H. The molecule has 0 atom stereocenters. The highest BCUT2D eigenvalue weighted by Crippen LogP contribution is 2.33. The van der Waals surface area contributed by atoms with Crippen LogP contribution in [0.15, 0.2) is 58.8 Å². The average Bonchev–Trinajstić information content (AvgIpc) is 2.45. The van der Waals surface area contributed by atoms with E-state index < -0.39 is 0 Å². The molecule has 4 heteroatoms. The van der Waals surface area contributed by atoms with Crippen molar-refractivity contribution in [1.82, 2.24) is 0 Å². The van der Waals surface area contributed by atoms with Gasteiger partial charge in [-0.25, -0.2) is 0 Å². The molecule has 0 fully saturated rings. The Morgan fingerprint density at radius 2 is 0.889 bits per heavy atom. The fourth-order valence-corrected chi connectivity index (χ4v) is 2.31. The third-order valence-corrected chi connectivity index (χ3v) is 3.08. The Morgan fingerprint density at radius 3 is 1.22 bits per heavy atom. The van der Waals surface area contributed by atoms with E-state index in [-0.39, 0.29) is 11.4 Å². The lowest BCUT2D eigenvalue weighted by molar-refractivity contribution is 0.314. The third kappa shape index (κ3) is 1.32. The van der Waals surface area contributed by atoms with Gasteiger partial charge in [-0.15, -0.1) is 0 Å². The average molecular weight is 238 g/mol. The highest BCUT2D eigenvalue weighted by Gasteiger charge is 2.27. The smallest absolute Gasteiger partial charge is 0.140 e. The zero-order valence-electron chi connectivity index (χ0n) is 9.41. The molecule has 2 aromatic rings. The van der Waals surface area contributed by atoms with Crippen molar-refractivity contribution in [2.24, 2.45) is 10.3 Å². The molecule has 18 heavy (non-hydrogen) atoms. The van der Waals surface area contributed by atoms with Gasteiger partial charge in [-0.05, 0) is 11.1 Å². The summed E-state index contributed by atoms with van der Waals surface area (Å²) in [6.07, 6.45) is 0. The van der Waals surface area contributed by atoms with Crippen LogP contribution in [0.2, 0.25) is 0 Å². The van der Waals surface area contributed by atoms with E-state index in [0.717, 1.165) is 22.3 Å². The number of fused-ring (bicyclic) bond motifs is 3. The van der Waals surface area contributed by atoms with Gasteiger partial charge in [0.15, 0.2) is 0 Å². The molecule has 0 aromatic heterocycles. The molecule has 88 valence electrons. The molecule has 3 rings (SSSR count). The van der Waals surface area contributed by atoms with E-state index in [2.05, 4.69) is 10.3 Å². The van der Waals surface area contributed by atoms with Crippen LogP contribution in [-0.4, -0.2) is 21.8 Å². The Kier molecular flexibility index (Phi) is 2.34. The first-order chi connectivity index (χ1) is 8.86. The lowest BCUT2D eigenvalue weighted by Crippen LogP contribution is -2.23. The van der Waals surface area contributed by atoms with Gasteiger partial charge in [-0.2, -0.15) is 0 Å². The van der Waals surface area contributed by atoms with Crippen LogP contribution < -0.4 is 0 Å². The van der Waals surface area contributed by atoms with E-state index in [4.69, 9.17) is 10.4 Å². The summed E-state index contributed by atoms with van der Waals surface area (Å²) in [4.78, 5) is 0. The van der Waals surface area contributed by atoms with E-state index in [1.807, 2.05) is 48.5 Å². The Balaban J connectivity index is 2.42. The van der Waals surface area contributed by atoms with Crippen molar-refractivity contribution < 1.29 is 10.4 Å². The van der Waals surface area contributed by atoms with Gasteiger partial charge in [0, 0.05) is 11.1 Å². The summed E-state index contributed by atoms with van der Waals surface area (Å²) in [5, 5.41) is 24.9. The second-order valence-electron chi connectivity index (χ2n) is 3.99. The van der Waals surface area contributed by atoms with Gasteiger partial charge < -0.3 is 10.4 Å². The van der Waals surface area contributed by atoms with Crippen LogP contribution in [0.5, 0.6) is 0 Å². The lowest BCUT2D eigenvalue weighted by Gasteiger charge is -2.20. The van der Waals surface area contributed by atoms with Crippen molar-refractivity contribution in [3.05, 3.63) is 59.7 Å². The van der Waals surface area contributed by atoms with Crippen molar-refractivity contribution in [3.63, 3.8) is 0 Å². The van der Waals surface area contributed by atoms with Crippen molar-refractivity contribution in [1.29, 1.82) is 0 Å². The number of nitrogens with zero attached hydrogens (tertiary/aromatic N) is 2. The molecule has 2 N–H and O–H groups in total. The van der Waals surface area contributed by atoms with Crippen molar-refractivity contribution in [2.75, 3.05) is 0 Å². The normalized spacial score (nSPS) is 17.6. The number of oxime groups is 2. The van der Waals surface area contributed by atoms with Crippen molar-refractivity contribution in [3.8, 4) is 11.1 Å². The molecule has 0 radical (unpaired) electrons. The van der Waals surface area contributed by atoms with E-state index >= 15 is 0 Å². The number of rotatable bonds is 0. The molecule has 4 nitrogen and oxygen atoms in total. The highest BCUT2D eigenvalue weighted by molar-refractivity contribution is 6.56. The van der Waals surface area contributed by atoms with Crippen LogP contribution in [0, 0.1) is 0 Å². The van der Waals surface area contributed by atoms with E-state index in [1.165, 1.54) is 0 Å². The maximum atomic E-state index is 9.16. The molecule has 0 spiro atoms. The third-order valence-electron chi connectivity index (χ3n) is 3.08. The number of hydrogen-bond acceptors (Lipinski definition) is 4. The van der Waals surface area contributed by atoms with E-state index in [9.17, 15) is 0 Å². The van der Waals surface area contributed by atoms with Gasteiger partial charge in [0.05, 0.1) is 0 Å². The predicted molar refractivity (Wildman–Crippen MR) is 68.5 cm³/mol. The fraction of sp³-hybridized carbons (Fsp3) is 0. The molecule has 0 aliphatic heterocycles. The van der Waals surface area contributed by atoms with Gasteiger partial charge in [0.25, 0.3) is 0 Å². The van der Waals surface area contributed by atoms with Gasteiger partial charge in [0.2, 0.25) is 0 Å². The monoisotopic (exact) mass is 238 g/mol. The van der Waals surface area contributed by atoms with Crippen LogP contribution in [-0.2, 0) is 0 Å². The van der Waals surface area contributed by atoms with Crippen LogP contribution in [0.3, 0.4) is 0 Å². The maximum absolute atomic E-state index is 9.16. The summed E-state index contributed by atoms with van der Waals surface area (Å²) >= 11 is 0. The number of hydrogen-bond donors (Lipinski definition) is 2. The summed E-state index contributed by atoms with van der Waals surface area (Å²) in [5.41, 5.74) is 4.01. The minimum absolute atomic E-state index is 0.284. The van der Waals surface area contributed by atoms with Crippen molar-refractivity contribution in [2.45, 2.75) is 0 Å². The zero-order chi connectivity index (χ0) is 12.5. The summed E-state index contributed by atoms with van der Waals surface area (Å²) in [6, 6.07) is 15.1. The Labute approximate surface area is 103 Å². The minimum Gasteiger partial charge on any atom is -0.410 e. The van der Waals surface area contributed by atoms with Crippen LogP contribution >= 0.6 is 0 Å². The molecular formula is C14H10N2O2. The van der Waals surface area contributed by atoms with E-state index in [0.29, 0.717) is 0 Å². The van der Waals surface area contributed by atoms with Crippen molar-refractivity contribution >= 4 is 11.4 Å². The molecule has 1 aliphatic carbocycles. The quantitative estimate of drug-likeness (QED) is 0.547. The largest absolute Gasteiger partial charge is 0.410 e. The Bertz CT molecular complexity index is 615. The van der Waals surface area contributed by atoms with Gasteiger partial charge in [-0.1, -0.05) is 58.8 Å². The Morgan fingerprint density at radius 1 is 0.556 bits per heavy atom. The molecule has 0 saturated carbocycles. The van der Waals surface area contributed by atoms with Crippen LogP contribution in [0.4, 0.5) is 0 Å². The first-order valence-corrected chi connectivity index (χ1v) is 5.50. The van der Waals surface area contributed by atoms with E-state index in [1.54, 1.807) is 0 Å². The maximum Gasteiger partial charge on any atom is 0.140 e. The van der Waals surface area contributed by atoms with Crippen LogP contribution in [0.25, 0.3) is 11.1 Å². The lowest BCUT2D eigenvalue weighted by atomic mass is 9.83. The summed E-state index contributed by atoms with van der Waals surface area (Å²) < 4.78 is 0. The highest BCUT2D eigenvalue weighted by atomic mass is 16.4. The number of benzene rings is 2. The topological polar surface area (TPSA) is 65.2 Å². The molecule has 1 aliphatic rings. The second kappa shape index (κ2) is 4.00. The summed E-state index contributed by atoms with van der Waals surface area (Å²) in [5.74, 6) is 0. The molecule has 0 unspecified atom stereocenters. The second-order valence-corrected chi connectivity index (χ2v) is 3.99. The SMILES string of the molecule is ON=C1C(=NO)c2ccccc2-c2ccccc21. The molecule has 0 bridgehead atoms. The molecule has 0 amide bonds. The summed E-state index contributed by atoms with van der Waals surface area (Å²) in [6.45, 7) is 0. The van der Waals surface area contributed by atoms with Gasteiger partial charge in [-0.3, -0.25) is 0 Å². The minimum atomic E-state index is 0.284. The first kappa shape index (κ1) is 10.5. The molecule has 0 saturated heterocycles. The van der Waals surface area contributed by atoms with Gasteiger partial charge in [0.1, 0.15) is 11.4 Å². The first-order valence-electron chi connectivity index (χ1n) is 5.50.